The fourth-order valence-electron chi connectivity index (χ4n) is 2.51. The number of benzene rings is 2. The maximum absolute atomic E-state index is 12.5. The van der Waals surface area contributed by atoms with Crippen LogP contribution in [-0.2, 0) is 14.8 Å². The molecule has 0 saturated carbocycles. The summed E-state index contributed by atoms with van der Waals surface area (Å²) in [6, 6.07) is 13.3. The molecule has 0 spiro atoms. The predicted molar refractivity (Wildman–Crippen MR) is 121 cm³/mol. The standard InChI is InChI=1S/C20H22ClN3O3S2/c1-3-24(4-2)29(26,27)17-12-10-16(11-13-17)22-20(28)23-19(25)14-9-15-7-5-6-8-18(15)21/h5-14H,3-4H2,1-2H3,(H2,22,23,25,28). The minimum Gasteiger partial charge on any atom is -0.332 e. The number of nitrogens with zero attached hydrogens (tertiary/aromatic N) is 1. The van der Waals surface area contributed by atoms with Crippen molar-refractivity contribution in [2.24, 2.45) is 0 Å². The van der Waals surface area contributed by atoms with Gasteiger partial charge in [0.15, 0.2) is 5.11 Å². The van der Waals surface area contributed by atoms with Crippen LogP contribution in [0.3, 0.4) is 0 Å². The summed E-state index contributed by atoms with van der Waals surface area (Å²) in [6.45, 7) is 4.38. The van der Waals surface area contributed by atoms with E-state index in [0.717, 1.165) is 0 Å². The van der Waals surface area contributed by atoms with Crippen LogP contribution in [0.2, 0.25) is 5.02 Å². The van der Waals surface area contributed by atoms with Gasteiger partial charge < -0.3 is 5.32 Å². The average Bonchev–Trinajstić information content (AvgIpc) is 2.68. The smallest absolute Gasteiger partial charge is 0.250 e. The number of sulfonamides is 1. The Labute approximate surface area is 181 Å². The summed E-state index contributed by atoms with van der Waals surface area (Å²) >= 11 is 11.2. The van der Waals surface area contributed by atoms with Crippen molar-refractivity contribution in [2.45, 2.75) is 18.7 Å². The molecule has 2 aromatic rings. The van der Waals surface area contributed by atoms with Gasteiger partial charge in [0, 0.05) is 29.9 Å². The minimum absolute atomic E-state index is 0.0955. The Morgan fingerprint density at radius 2 is 1.72 bits per heavy atom. The van der Waals surface area contributed by atoms with Crippen molar-refractivity contribution >= 4 is 56.6 Å². The normalized spacial score (nSPS) is 11.6. The van der Waals surface area contributed by atoms with Gasteiger partial charge in [0.2, 0.25) is 15.9 Å². The molecular weight excluding hydrogens is 430 g/mol. The van der Waals surface area contributed by atoms with E-state index in [9.17, 15) is 13.2 Å². The molecule has 0 atom stereocenters. The van der Waals surface area contributed by atoms with Gasteiger partial charge in [-0.25, -0.2) is 8.42 Å². The highest BCUT2D eigenvalue weighted by Gasteiger charge is 2.21. The first-order valence-corrected chi connectivity index (χ1v) is 11.1. The number of amides is 1. The molecule has 1 amide bonds. The molecule has 0 heterocycles. The van der Waals surface area contributed by atoms with Crippen molar-refractivity contribution < 1.29 is 13.2 Å². The molecule has 2 N–H and O–H groups in total. The van der Waals surface area contributed by atoms with Gasteiger partial charge in [-0.3, -0.25) is 10.1 Å². The molecule has 0 fully saturated rings. The number of nitrogens with one attached hydrogen (secondary N) is 2. The van der Waals surface area contributed by atoms with Crippen LogP contribution in [0, 0.1) is 0 Å². The largest absolute Gasteiger partial charge is 0.332 e. The Balaban J connectivity index is 1.97. The highest BCUT2D eigenvalue weighted by Crippen LogP contribution is 2.18. The second kappa shape index (κ2) is 10.5. The fraction of sp³-hybridized carbons (Fsp3) is 0.200. The van der Waals surface area contributed by atoms with Crippen LogP contribution in [0.4, 0.5) is 5.69 Å². The number of thiocarbonyl (C=S) groups is 1. The minimum atomic E-state index is -3.52. The van der Waals surface area contributed by atoms with Crippen LogP contribution in [-0.4, -0.2) is 36.8 Å². The molecule has 0 unspecified atom stereocenters. The second-order valence-corrected chi connectivity index (χ2v) is 8.67. The summed E-state index contributed by atoms with van der Waals surface area (Å²) in [5, 5.41) is 6.01. The lowest BCUT2D eigenvalue weighted by molar-refractivity contribution is -0.115. The molecule has 0 aliphatic heterocycles. The van der Waals surface area contributed by atoms with Gasteiger partial charge in [-0.1, -0.05) is 43.6 Å². The maximum atomic E-state index is 12.5. The molecule has 0 bridgehead atoms. The Kier molecular flexibility index (Phi) is 8.33. The van der Waals surface area contributed by atoms with E-state index >= 15 is 0 Å². The Bertz CT molecular complexity index is 1000. The van der Waals surface area contributed by atoms with Crippen molar-refractivity contribution in [2.75, 3.05) is 18.4 Å². The van der Waals surface area contributed by atoms with Crippen LogP contribution in [0.15, 0.2) is 59.5 Å². The van der Waals surface area contributed by atoms with E-state index in [4.69, 9.17) is 23.8 Å². The van der Waals surface area contributed by atoms with Crippen molar-refractivity contribution in [3.8, 4) is 0 Å². The molecule has 29 heavy (non-hydrogen) atoms. The Morgan fingerprint density at radius 1 is 1.10 bits per heavy atom. The van der Waals surface area contributed by atoms with E-state index in [1.165, 1.54) is 22.5 Å². The van der Waals surface area contributed by atoms with Crippen LogP contribution in [0.1, 0.15) is 19.4 Å². The molecule has 0 radical (unpaired) electrons. The zero-order chi connectivity index (χ0) is 21.4. The lowest BCUT2D eigenvalue weighted by Crippen LogP contribution is -2.33. The third-order valence-corrected chi connectivity index (χ3v) is 6.62. The molecule has 154 valence electrons. The number of carbonyl (C=O) groups excluding carboxylic acids is 1. The van der Waals surface area contributed by atoms with Crippen LogP contribution in [0.5, 0.6) is 0 Å². The molecule has 0 aliphatic rings. The number of rotatable bonds is 7. The number of carbonyl (C=O) groups is 1. The molecule has 0 saturated heterocycles. The summed E-state index contributed by atoms with van der Waals surface area (Å²) in [5.74, 6) is -0.414. The average molecular weight is 452 g/mol. The lowest BCUT2D eigenvalue weighted by Gasteiger charge is -2.18. The van der Waals surface area contributed by atoms with Crippen molar-refractivity contribution in [1.82, 2.24) is 9.62 Å². The number of anilines is 1. The van der Waals surface area contributed by atoms with Gasteiger partial charge in [0.25, 0.3) is 0 Å². The van der Waals surface area contributed by atoms with E-state index in [1.807, 2.05) is 6.07 Å². The van der Waals surface area contributed by atoms with Crippen molar-refractivity contribution in [3.05, 3.63) is 65.2 Å². The first kappa shape index (κ1) is 23.0. The van der Waals surface area contributed by atoms with Gasteiger partial charge >= 0.3 is 0 Å². The number of hydrogen-bond donors (Lipinski definition) is 2. The lowest BCUT2D eigenvalue weighted by atomic mass is 10.2. The van der Waals surface area contributed by atoms with Gasteiger partial charge in [-0.05, 0) is 54.2 Å². The summed E-state index contributed by atoms with van der Waals surface area (Å²) in [4.78, 5) is 12.2. The quantitative estimate of drug-likeness (QED) is 0.493. The molecule has 2 rings (SSSR count). The van der Waals surface area contributed by atoms with E-state index in [2.05, 4.69) is 10.6 Å². The summed E-state index contributed by atoms with van der Waals surface area (Å²) < 4.78 is 26.4. The second-order valence-electron chi connectivity index (χ2n) is 5.91. The Hall–Kier alpha value is -2.26. The van der Waals surface area contributed by atoms with E-state index in [1.54, 1.807) is 50.3 Å². The van der Waals surface area contributed by atoms with Crippen molar-refractivity contribution in [3.63, 3.8) is 0 Å². The highest BCUT2D eigenvalue weighted by atomic mass is 35.5. The monoisotopic (exact) mass is 451 g/mol. The predicted octanol–water partition coefficient (Wildman–Crippen LogP) is 3.90. The molecule has 6 nitrogen and oxygen atoms in total. The maximum Gasteiger partial charge on any atom is 0.250 e. The molecule has 0 aromatic heterocycles. The molecule has 0 aliphatic carbocycles. The van der Waals surface area contributed by atoms with Gasteiger partial charge in [0.05, 0.1) is 4.90 Å². The first-order chi connectivity index (χ1) is 13.8. The Morgan fingerprint density at radius 3 is 2.31 bits per heavy atom. The van der Waals surface area contributed by atoms with E-state index in [0.29, 0.717) is 29.4 Å². The van der Waals surface area contributed by atoms with Gasteiger partial charge in [0.1, 0.15) is 0 Å². The number of hydrogen-bond acceptors (Lipinski definition) is 4. The topological polar surface area (TPSA) is 78.5 Å². The summed E-state index contributed by atoms with van der Waals surface area (Å²) in [5.41, 5.74) is 1.28. The fourth-order valence-corrected chi connectivity index (χ4v) is 4.39. The first-order valence-electron chi connectivity index (χ1n) is 8.92. The van der Waals surface area contributed by atoms with Gasteiger partial charge in [-0.2, -0.15) is 4.31 Å². The SMILES string of the molecule is CCN(CC)S(=O)(=O)c1ccc(NC(=S)NC(=O)C=Cc2ccccc2Cl)cc1. The molecule has 2 aromatic carbocycles. The van der Waals surface area contributed by atoms with Crippen LogP contribution < -0.4 is 10.6 Å². The van der Waals surface area contributed by atoms with Crippen molar-refractivity contribution in [1.29, 1.82) is 0 Å². The summed E-state index contributed by atoms with van der Waals surface area (Å²) in [7, 11) is -3.52. The van der Waals surface area contributed by atoms with Gasteiger partial charge in [-0.15, -0.1) is 0 Å². The highest BCUT2D eigenvalue weighted by molar-refractivity contribution is 7.89. The summed E-state index contributed by atoms with van der Waals surface area (Å²) in [6.07, 6.45) is 2.92. The molecule has 9 heteroatoms. The zero-order valence-electron chi connectivity index (χ0n) is 16.1. The third-order valence-electron chi connectivity index (χ3n) is 4.01. The van der Waals surface area contributed by atoms with E-state index < -0.39 is 15.9 Å². The number of halogens is 1. The third kappa shape index (κ3) is 6.37. The van der Waals surface area contributed by atoms with E-state index in [-0.39, 0.29) is 10.0 Å². The van der Waals surface area contributed by atoms with Crippen LogP contribution in [0.25, 0.3) is 6.08 Å². The molecular formula is C20H22ClN3O3S2. The zero-order valence-corrected chi connectivity index (χ0v) is 18.4. The van der Waals surface area contributed by atoms with Crippen LogP contribution >= 0.6 is 23.8 Å².